The van der Waals surface area contributed by atoms with E-state index < -0.39 is 0 Å². The Hall–Kier alpha value is -3.85. The Balaban J connectivity index is 1.37. The van der Waals surface area contributed by atoms with Crippen LogP contribution in [-0.2, 0) is 21.7 Å². The second-order valence-electron chi connectivity index (χ2n) is 20.5. The molecule has 3 nitrogen and oxygen atoms in total. The van der Waals surface area contributed by atoms with Crippen molar-refractivity contribution in [1.29, 1.82) is 0 Å². The van der Waals surface area contributed by atoms with Gasteiger partial charge in [-0.05, 0) is 91.9 Å². The molecule has 54 heavy (non-hydrogen) atoms. The zero-order valence-electron chi connectivity index (χ0n) is 35.6. The molecule has 288 valence electrons. The van der Waals surface area contributed by atoms with Gasteiger partial charge in [-0.2, -0.15) is 0 Å². The van der Waals surface area contributed by atoms with Crippen LogP contribution in [0.1, 0.15) is 165 Å². The highest BCUT2D eigenvalue weighted by Gasteiger charge is 2.43. The standard InChI is InChI=1S/C51H68N2O/c1-48(2,3)39-25-17-35(18-26-39)45(36-19-27-40(28-20-36)49(4,5)6)43-15-13-33-52(43)47(54)53-34-14-16-44(53)46(37-21-29-41(30-22-37)50(7,8)9)38-23-31-42(32-24-38)51(10,11)12/h17-32,43-46H,13-16,33-34H2,1-12H3/t43-,44-/m0/s1. The molecule has 6 rings (SSSR count). The Morgan fingerprint density at radius 3 is 0.852 bits per heavy atom. The van der Waals surface area contributed by atoms with Gasteiger partial charge in [0.15, 0.2) is 0 Å². The van der Waals surface area contributed by atoms with Gasteiger partial charge in [-0.1, -0.05) is 180 Å². The van der Waals surface area contributed by atoms with E-state index in [1.165, 1.54) is 44.5 Å². The molecular weight excluding hydrogens is 657 g/mol. The number of urea groups is 1. The van der Waals surface area contributed by atoms with Crippen molar-refractivity contribution in [2.24, 2.45) is 0 Å². The largest absolute Gasteiger partial charge is 0.321 e. The fourth-order valence-electron chi connectivity index (χ4n) is 8.95. The maximum atomic E-state index is 15.2. The van der Waals surface area contributed by atoms with Gasteiger partial charge in [-0.15, -0.1) is 0 Å². The van der Waals surface area contributed by atoms with E-state index in [4.69, 9.17) is 0 Å². The summed E-state index contributed by atoms with van der Waals surface area (Å²) in [6, 6.07) is 37.5. The van der Waals surface area contributed by atoms with Gasteiger partial charge < -0.3 is 9.80 Å². The fraction of sp³-hybridized carbons (Fsp3) is 0.510. The van der Waals surface area contributed by atoms with Crippen LogP contribution in [0, 0.1) is 0 Å². The summed E-state index contributed by atoms with van der Waals surface area (Å²) in [6.45, 7) is 28.9. The minimum atomic E-state index is 0.0825. The molecule has 3 heteroatoms. The van der Waals surface area contributed by atoms with Gasteiger partial charge in [0.1, 0.15) is 0 Å². The molecule has 0 N–H and O–H groups in total. The Labute approximate surface area is 328 Å². The Morgan fingerprint density at radius 1 is 0.426 bits per heavy atom. The van der Waals surface area contributed by atoms with Gasteiger partial charge in [0, 0.05) is 37.0 Å². The van der Waals surface area contributed by atoms with E-state index >= 15 is 4.79 Å². The molecule has 2 aliphatic heterocycles. The van der Waals surface area contributed by atoms with Crippen molar-refractivity contribution in [3.05, 3.63) is 142 Å². The number of hydrogen-bond donors (Lipinski definition) is 0. The van der Waals surface area contributed by atoms with Crippen LogP contribution in [0.4, 0.5) is 4.79 Å². The summed E-state index contributed by atoms with van der Waals surface area (Å²) in [5, 5.41) is 0. The van der Waals surface area contributed by atoms with Crippen molar-refractivity contribution in [1.82, 2.24) is 9.80 Å². The molecule has 0 bridgehead atoms. The highest BCUT2D eigenvalue weighted by atomic mass is 16.2. The summed E-state index contributed by atoms with van der Waals surface area (Å²) in [4.78, 5) is 19.7. The highest BCUT2D eigenvalue weighted by Crippen LogP contribution is 2.42. The van der Waals surface area contributed by atoms with Gasteiger partial charge in [0.25, 0.3) is 0 Å². The van der Waals surface area contributed by atoms with Crippen molar-refractivity contribution in [2.75, 3.05) is 13.1 Å². The summed E-state index contributed by atoms with van der Waals surface area (Å²) in [6.07, 6.45) is 4.06. The number of nitrogens with zero attached hydrogens (tertiary/aromatic N) is 2. The normalized spacial score (nSPS) is 18.6. The molecule has 2 atom stereocenters. The molecule has 0 radical (unpaired) electrons. The Morgan fingerprint density at radius 2 is 0.648 bits per heavy atom. The average molecular weight is 725 g/mol. The molecule has 0 aromatic heterocycles. The number of rotatable bonds is 6. The lowest BCUT2D eigenvalue weighted by molar-refractivity contribution is 0.136. The van der Waals surface area contributed by atoms with E-state index in [9.17, 15) is 0 Å². The molecular formula is C51H68N2O. The minimum absolute atomic E-state index is 0.0825. The van der Waals surface area contributed by atoms with Crippen LogP contribution in [0.3, 0.4) is 0 Å². The lowest BCUT2D eigenvalue weighted by atomic mass is 9.79. The van der Waals surface area contributed by atoms with Gasteiger partial charge in [-0.3, -0.25) is 0 Å². The first-order valence-corrected chi connectivity index (χ1v) is 20.7. The van der Waals surface area contributed by atoms with Crippen molar-refractivity contribution >= 4 is 6.03 Å². The van der Waals surface area contributed by atoms with E-state index in [1.807, 2.05) is 0 Å². The molecule has 0 aliphatic carbocycles. The van der Waals surface area contributed by atoms with E-state index in [2.05, 4.69) is 190 Å². The molecule has 2 heterocycles. The third kappa shape index (κ3) is 8.51. The van der Waals surface area contributed by atoms with Crippen LogP contribution in [0.5, 0.6) is 0 Å². The van der Waals surface area contributed by atoms with Crippen LogP contribution in [0.2, 0.25) is 0 Å². The second kappa shape index (κ2) is 15.0. The number of carbonyl (C=O) groups is 1. The lowest BCUT2D eigenvalue weighted by Crippen LogP contribution is -2.50. The fourth-order valence-corrected chi connectivity index (χ4v) is 8.95. The lowest BCUT2D eigenvalue weighted by Gasteiger charge is -2.39. The van der Waals surface area contributed by atoms with E-state index in [0.29, 0.717) is 0 Å². The van der Waals surface area contributed by atoms with E-state index in [-0.39, 0.29) is 51.6 Å². The number of benzene rings is 4. The van der Waals surface area contributed by atoms with Crippen molar-refractivity contribution in [3.63, 3.8) is 0 Å². The quantitative estimate of drug-likeness (QED) is 0.194. The summed E-state index contributed by atoms with van der Waals surface area (Å²) in [5.41, 5.74) is 10.9. The Kier molecular flexibility index (Phi) is 11.1. The molecule has 2 aliphatic rings. The first-order chi connectivity index (χ1) is 25.2. The summed E-state index contributed by atoms with van der Waals surface area (Å²) in [5.74, 6) is 0.206. The van der Waals surface area contributed by atoms with Crippen LogP contribution in [0.15, 0.2) is 97.1 Å². The molecule has 2 fully saturated rings. The van der Waals surface area contributed by atoms with E-state index in [0.717, 1.165) is 38.8 Å². The van der Waals surface area contributed by atoms with Gasteiger partial charge in [0.2, 0.25) is 0 Å². The van der Waals surface area contributed by atoms with Gasteiger partial charge in [0.05, 0.1) is 0 Å². The topological polar surface area (TPSA) is 23.6 Å². The molecule has 4 aromatic rings. The molecule has 2 saturated heterocycles. The SMILES string of the molecule is CC(C)(C)c1ccc(C(c2ccc(C(C)(C)C)cc2)[C@@H]2CCCN2C(=O)N2CCC[C@H]2C(c2ccc(C(C)(C)C)cc2)c2ccc(C(C)(C)C)cc2)cc1. The van der Waals surface area contributed by atoms with E-state index in [1.54, 1.807) is 0 Å². The number of hydrogen-bond acceptors (Lipinski definition) is 1. The first-order valence-electron chi connectivity index (χ1n) is 20.7. The monoisotopic (exact) mass is 725 g/mol. The molecule has 0 saturated carbocycles. The third-order valence-electron chi connectivity index (χ3n) is 12.4. The minimum Gasteiger partial charge on any atom is -0.321 e. The molecule has 0 spiro atoms. The number of carbonyl (C=O) groups excluding carboxylic acids is 1. The highest BCUT2D eigenvalue weighted by molar-refractivity contribution is 5.76. The molecule has 2 amide bonds. The molecule has 4 aromatic carbocycles. The third-order valence-corrected chi connectivity index (χ3v) is 12.4. The van der Waals surface area contributed by atoms with Crippen molar-refractivity contribution < 1.29 is 4.79 Å². The predicted octanol–water partition coefficient (Wildman–Crippen LogP) is 12.9. The van der Waals surface area contributed by atoms with Crippen molar-refractivity contribution in [3.8, 4) is 0 Å². The van der Waals surface area contributed by atoms with Gasteiger partial charge >= 0.3 is 6.03 Å². The van der Waals surface area contributed by atoms with Gasteiger partial charge in [-0.25, -0.2) is 4.79 Å². The second-order valence-corrected chi connectivity index (χ2v) is 20.5. The average Bonchev–Trinajstić information content (AvgIpc) is 3.79. The number of amides is 2. The summed E-state index contributed by atoms with van der Waals surface area (Å²) < 4.78 is 0. The maximum absolute atomic E-state index is 15.2. The zero-order valence-corrected chi connectivity index (χ0v) is 35.6. The summed E-state index contributed by atoms with van der Waals surface area (Å²) in [7, 11) is 0. The number of likely N-dealkylation sites (tertiary alicyclic amines) is 2. The predicted molar refractivity (Wildman–Crippen MR) is 229 cm³/mol. The summed E-state index contributed by atoms with van der Waals surface area (Å²) >= 11 is 0. The van der Waals surface area contributed by atoms with Crippen LogP contribution >= 0.6 is 0 Å². The van der Waals surface area contributed by atoms with Crippen LogP contribution in [-0.4, -0.2) is 41.0 Å². The maximum Gasteiger partial charge on any atom is 0.320 e. The van der Waals surface area contributed by atoms with Crippen LogP contribution < -0.4 is 0 Å². The molecule has 0 unspecified atom stereocenters. The first kappa shape index (κ1) is 39.8. The Bertz CT molecular complexity index is 1600. The van der Waals surface area contributed by atoms with Crippen LogP contribution in [0.25, 0.3) is 0 Å². The zero-order chi connectivity index (χ0) is 39.2. The van der Waals surface area contributed by atoms with Crippen molar-refractivity contribution in [2.45, 2.75) is 154 Å². The smallest absolute Gasteiger partial charge is 0.320 e.